The van der Waals surface area contributed by atoms with Gasteiger partial charge in [-0.1, -0.05) is 17.7 Å². The first kappa shape index (κ1) is 18.4. The summed E-state index contributed by atoms with van der Waals surface area (Å²) in [6, 6.07) is 4.97. The molecule has 0 bridgehead atoms. The Balaban J connectivity index is 1.62. The van der Waals surface area contributed by atoms with Gasteiger partial charge in [0.25, 0.3) is 0 Å². The van der Waals surface area contributed by atoms with Crippen LogP contribution in [0.5, 0.6) is 0 Å². The second-order valence-electron chi connectivity index (χ2n) is 7.14. The van der Waals surface area contributed by atoms with Crippen LogP contribution in [-0.4, -0.2) is 73.1 Å². The monoisotopic (exact) mass is 368 g/mol. The molecule has 1 N–H and O–H groups in total. The van der Waals surface area contributed by atoms with Crippen LogP contribution in [0.1, 0.15) is 18.4 Å². The second-order valence-corrected chi connectivity index (χ2v) is 7.55. The third-order valence-electron chi connectivity index (χ3n) is 5.11. The summed E-state index contributed by atoms with van der Waals surface area (Å²) >= 11 is 6.13. The number of carbonyl (C=O) groups is 1. The van der Waals surface area contributed by atoms with E-state index in [9.17, 15) is 9.18 Å². The maximum atomic E-state index is 14.1. The van der Waals surface area contributed by atoms with E-state index in [-0.39, 0.29) is 24.4 Å². The number of hydrogen-bond acceptors (Lipinski definition) is 3. The molecule has 1 saturated carbocycles. The molecule has 1 atom stereocenters. The van der Waals surface area contributed by atoms with Gasteiger partial charge in [-0.25, -0.2) is 9.18 Å². The van der Waals surface area contributed by atoms with Gasteiger partial charge in [0.1, 0.15) is 5.82 Å². The number of benzene rings is 1. The van der Waals surface area contributed by atoms with E-state index < -0.39 is 0 Å². The zero-order valence-corrected chi connectivity index (χ0v) is 15.6. The fraction of sp³-hybridized carbons (Fsp3) is 0.611. The molecular weight excluding hydrogens is 343 g/mol. The highest BCUT2D eigenvalue weighted by Gasteiger charge is 2.34. The Labute approximate surface area is 153 Å². The first-order chi connectivity index (χ1) is 12.0. The Morgan fingerprint density at radius 3 is 2.80 bits per heavy atom. The van der Waals surface area contributed by atoms with Crippen molar-refractivity contribution in [3.05, 3.63) is 34.6 Å². The maximum Gasteiger partial charge on any atom is 0.318 e. The van der Waals surface area contributed by atoms with Crippen molar-refractivity contribution in [1.29, 1.82) is 0 Å². The molecule has 5 nitrogen and oxygen atoms in total. The van der Waals surface area contributed by atoms with Crippen molar-refractivity contribution in [2.24, 2.45) is 0 Å². The number of likely N-dealkylation sites (N-methyl/N-ethyl adjacent to an activating group) is 2. The molecule has 1 saturated heterocycles. The number of rotatable bonds is 5. The van der Waals surface area contributed by atoms with Crippen molar-refractivity contribution in [3.63, 3.8) is 0 Å². The Morgan fingerprint density at radius 2 is 2.12 bits per heavy atom. The molecule has 1 aliphatic heterocycles. The lowest BCUT2D eigenvalue weighted by atomic mass is 10.2. The van der Waals surface area contributed by atoms with Gasteiger partial charge in [0.05, 0.1) is 6.54 Å². The predicted octanol–water partition coefficient (Wildman–Crippen LogP) is 2.40. The smallest absolute Gasteiger partial charge is 0.318 e. The van der Waals surface area contributed by atoms with Gasteiger partial charge in [0.2, 0.25) is 0 Å². The van der Waals surface area contributed by atoms with Gasteiger partial charge in [-0.3, -0.25) is 4.90 Å². The van der Waals surface area contributed by atoms with E-state index in [1.54, 1.807) is 17.0 Å². The summed E-state index contributed by atoms with van der Waals surface area (Å²) in [7, 11) is 4.18. The molecule has 138 valence electrons. The molecule has 0 radical (unpaired) electrons. The average Bonchev–Trinajstić information content (AvgIpc) is 3.40. The molecule has 1 aliphatic carbocycles. The van der Waals surface area contributed by atoms with E-state index >= 15 is 0 Å². The molecule has 2 fully saturated rings. The van der Waals surface area contributed by atoms with E-state index in [4.69, 9.17) is 11.6 Å². The molecule has 1 heterocycles. The molecule has 7 heteroatoms. The number of hydrogen-bond donors (Lipinski definition) is 1. The molecule has 0 unspecified atom stereocenters. The van der Waals surface area contributed by atoms with Crippen molar-refractivity contribution in [2.45, 2.75) is 31.5 Å². The molecule has 0 spiro atoms. The van der Waals surface area contributed by atoms with Gasteiger partial charge in [0, 0.05) is 48.8 Å². The third kappa shape index (κ3) is 4.63. The van der Waals surface area contributed by atoms with Crippen LogP contribution in [0, 0.1) is 5.82 Å². The van der Waals surface area contributed by atoms with E-state index in [1.807, 2.05) is 0 Å². The topological polar surface area (TPSA) is 38.8 Å². The highest BCUT2D eigenvalue weighted by molar-refractivity contribution is 6.31. The number of halogens is 2. The Hall–Kier alpha value is -1.37. The molecule has 3 rings (SSSR count). The summed E-state index contributed by atoms with van der Waals surface area (Å²) < 4.78 is 14.1. The SMILES string of the molecule is CN1CCN(C)[C@H](CNC(=O)N(Cc2c(F)cccc2Cl)C2CC2)C1. The van der Waals surface area contributed by atoms with Crippen molar-refractivity contribution in [2.75, 3.05) is 40.3 Å². The second kappa shape index (κ2) is 7.89. The van der Waals surface area contributed by atoms with E-state index in [2.05, 4.69) is 29.2 Å². The van der Waals surface area contributed by atoms with E-state index in [1.165, 1.54) is 6.07 Å². The van der Waals surface area contributed by atoms with Gasteiger partial charge in [-0.2, -0.15) is 0 Å². The lowest BCUT2D eigenvalue weighted by Crippen LogP contribution is -2.55. The molecule has 0 aromatic heterocycles. The largest absolute Gasteiger partial charge is 0.336 e. The Kier molecular flexibility index (Phi) is 5.81. The predicted molar refractivity (Wildman–Crippen MR) is 97.3 cm³/mol. The first-order valence-corrected chi connectivity index (χ1v) is 9.19. The Bertz CT molecular complexity index is 605. The fourth-order valence-corrected chi connectivity index (χ4v) is 3.46. The summed E-state index contributed by atoms with van der Waals surface area (Å²) in [5.74, 6) is -0.361. The van der Waals surface area contributed by atoms with Gasteiger partial charge in [0.15, 0.2) is 0 Å². The van der Waals surface area contributed by atoms with Crippen LogP contribution in [0.2, 0.25) is 5.02 Å². The lowest BCUT2D eigenvalue weighted by molar-refractivity contribution is 0.112. The average molecular weight is 369 g/mol. The third-order valence-corrected chi connectivity index (χ3v) is 5.46. The van der Waals surface area contributed by atoms with Crippen molar-refractivity contribution in [1.82, 2.24) is 20.0 Å². The van der Waals surface area contributed by atoms with Crippen LogP contribution >= 0.6 is 11.6 Å². The van der Waals surface area contributed by atoms with Crippen molar-refractivity contribution >= 4 is 17.6 Å². The minimum absolute atomic E-state index is 0.136. The van der Waals surface area contributed by atoms with Crippen LogP contribution in [0.15, 0.2) is 18.2 Å². The molecule has 2 amide bonds. The highest BCUT2D eigenvalue weighted by atomic mass is 35.5. The molecule has 25 heavy (non-hydrogen) atoms. The lowest BCUT2D eigenvalue weighted by Gasteiger charge is -2.38. The maximum absolute atomic E-state index is 14.1. The summed E-state index contributed by atoms with van der Waals surface area (Å²) in [6.07, 6.45) is 1.93. The zero-order chi connectivity index (χ0) is 18.0. The van der Waals surface area contributed by atoms with Gasteiger partial charge >= 0.3 is 6.03 Å². The summed E-state index contributed by atoms with van der Waals surface area (Å²) in [4.78, 5) is 19.0. The highest BCUT2D eigenvalue weighted by Crippen LogP contribution is 2.30. The minimum atomic E-state index is -0.361. The van der Waals surface area contributed by atoms with Gasteiger partial charge in [-0.05, 0) is 39.1 Å². The quantitative estimate of drug-likeness (QED) is 0.867. The molecular formula is C18H26ClFN4O. The number of nitrogens with zero attached hydrogens (tertiary/aromatic N) is 3. The summed E-state index contributed by atoms with van der Waals surface area (Å²) in [5, 5.41) is 3.40. The Morgan fingerprint density at radius 1 is 1.36 bits per heavy atom. The van der Waals surface area contributed by atoms with Gasteiger partial charge in [-0.15, -0.1) is 0 Å². The van der Waals surface area contributed by atoms with Crippen molar-refractivity contribution < 1.29 is 9.18 Å². The van der Waals surface area contributed by atoms with Crippen LogP contribution < -0.4 is 5.32 Å². The zero-order valence-electron chi connectivity index (χ0n) is 14.8. The summed E-state index contributed by atoms with van der Waals surface area (Å²) in [6.45, 7) is 3.77. The fourth-order valence-electron chi connectivity index (χ4n) is 3.24. The van der Waals surface area contributed by atoms with Crippen LogP contribution in [0.3, 0.4) is 0 Å². The molecule has 2 aliphatic rings. The van der Waals surface area contributed by atoms with Crippen LogP contribution in [0.4, 0.5) is 9.18 Å². The first-order valence-electron chi connectivity index (χ1n) is 8.82. The van der Waals surface area contributed by atoms with Gasteiger partial charge < -0.3 is 15.1 Å². The van der Waals surface area contributed by atoms with Crippen LogP contribution in [-0.2, 0) is 6.54 Å². The minimum Gasteiger partial charge on any atom is -0.336 e. The molecule has 1 aromatic rings. The number of amides is 2. The number of urea groups is 1. The van der Waals surface area contributed by atoms with E-state index in [0.29, 0.717) is 23.2 Å². The summed E-state index contributed by atoms with van der Waals surface area (Å²) in [5.41, 5.74) is 0.390. The van der Waals surface area contributed by atoms with Crippen LogP contribution in [0.25, 0.3) is 0 Å². The normalized spacial score (nSPS) is 22.0. The molecule has 1 aromatic carbocycles. The van der Waals surface area contributed by atoms with Crippen molar-refractivity contribution in [3.8, 4) is 0 Å². The number of carbonyl (C=O) groups excluding carboxylic acids is 1. The standard InChI is InChI=1S/C18H26ClFN4O/c1-22-8-9-23(2)14(11-22)10-21-18(25)24(13-6-7-13)12-15-16(19)4-3-5-17(15)20/h3-5,13-14H,6-12H2,1-2H3,(H,21,25)/t14-/m1/s1. The van der Waals surface area contributed by atoms with E-state index in [0.717, 1.165) is 32.5 Å². The number of piperazine rings is 1. The number of nitrogens with one attached hydrogen (secondary N) is 1.